The zero-order valence-electron chi connectivity index (χ0n) is 18.0. The summed E-state index contributed by atoms with van der Waals surface area (Å²) < 4.78 is 12.3. The second-order valence-electron chi connectivity index (χ2n) is 7.12. The van der Waals surface area contributed by atoms with Crippen LogP contribution < -0.4 is 14.8 Å². The van der Waals surface area contributed by atoms with Crippen molar-refractivity contribution in [1.29, 1.82) is 0 Å². The first-order chi connectivity index (χ1) is 16.4. The Kier molecular flexibility index (Phi) is 8.41. The van der Waals surface area contributed by atoms with Crippen LogP contribution in [0.3, 0.4) is 0 Å². The van der Waals surface area contributed by atoms with Crippen LogP contribution in [0.4, 0.5) is 5.69 Å². The van der Waals surface area contributed by atoms with Crippen LogP contribution in [0.2, 0.25) is 10.0 Å². The minimum atomic E-state index is -0.178. The van der Waals surface area contributed by atoms with Gasteiger partial charge >= 0.3 is 0 Å². The van der Waals surface area contributed by atoms with E-state index in [9.17, 15) is 4.79 Å². The number of amides is 1. The molecule has 4 rings (SSSR count). The Hall–Kier alpha value is -2.20. The minimum Gasteiger partial charge on any atom is -0.494 e. The maximum atomic E-state index is 12.4. The van der Waals surface area contributed by atoms with E-state index in [-0.39, 0.29) is 5.91 Å². The molecule has 9 heteroatoms. The Labute approximate surface area is 225 Å². The highest BCUT2D eigenvalue weighted by atomic mass is 127. The van der Waals surface area contributed by atoms with Gasteiger partial charge in [0.25, 0.3) is 5.91 Å². The molecule has 1 aliphatic heterocycles. The molecular formula is C25H19Cl2IN2O3S. The van der Waals surface area contributed by atoms with Gasteiger partial charge in [-0.3, -0.25) is 4.79 Å². The number of hydrogen-bond donors (Lipinski definition) is 1. The summed E-state index contributed by atoms with van der Waals surface area (Å²) in [5, 5.41) is 4.50. The number of carbonyl (C=O) groups excluding carboxylic acids is 1. The Morgan fingerprint density at radius 2 is 1.85 bits per heavy atom. The van der Waals surface area contributed by atoms with Gasteiger partial charge in [0.05, 0.1) is 20.8 Å². The molecule has 0 spiro atoms. The molecule has 3 aromatic rings. The van der Waals surface area contributed by atoms with Gasteiger partial charge in [-0.05, 0) is 101 Å². The Bertz CT molecular complexity index is 1280. The van der Waals surface area contributed by atoms with E-state index in [0.29, 0.717) is 33.3 Å². The van der Waals surface area contributed by atoms with Crippen LogP contribution in [0.5, 0.6) is 11.5 Å². The fourth-order valence-corrected chi connectivity index (χ4v) is 5.05. The monoisotopic (exact) mass is 624 g/mol. The number of nitrogens with zero attached hydrogens (tertiary/aromatic N) is 1. The molecule has 1 saturated heterocycles. The number of hydrogen-bond acceptors (Lipinski definition) is 5. The van der Waals surface area contributed by atoms with E-state index in [2.05, 4.69) is 32.9 Å². The summed E-state index contributed by atoms with van der Waals surface area (Å²) in [6.45, 7) is 2.87. The predicted molar refractivity (Wildman–Crippen MR) is 148 cm³/mol. The number of aliphatic imine (C=N–C) groups is 1. The highest BCUT2D eigenvalue weighted by Gasteiger charge is 2.24. The van der Waals surface area contributed by atoms with Gasteiger partial charge in [-0.15, -0.1) is 0 Å². The second kappa shape index (κ2) is 11.5. The maximum Gasteiger partial charge on any atom is 0.264 e. The zero-order chi connectivity index (χ0) is 24.1. The number of ether oxygens (including phenoxy) is 2. The van der Waals surface area contributed by atoms with Crippen molar-refractivity contribution in [2.24, 2.45) is 4.99 Å². The average molecular weight is 625 g/mol. The molecule has 0 aromatic heterocycles. The van der Waals surface area contributed by atoms with Gasteiger partial charge in [0.2, 0.25) is 0 Å². The molecular weight excluding hydrogens is 606 g/mol. The molecule has 1 N–H and O–H groups in total. The van der Waals surface area contributed by atoms with E-state index >= 15 is 0 Å². The molecule has 0 bridgehead atoms. The number of carbonyl (C=O) groups is 1. The first-order valence-electron chi connectivity index (χ1n) is 10.3. The van der Waals surface area contributed by atoms with Crippen LogP contribution in [0.25, 0.3) is 6.08 Å². The van der Waals surface area contributed by atoms with Crippen LogP contribution in [-0.4, -0.2) is 17.7 Å². The molecule has 0 aliphatic carbocycles. The lowest BCUT2D eigenvalue weighted by atomic mass is 10.2. The van der Waals surface area contributed by atoms with E-state index in [0.717, 1.165) is 31.9 Å². The van der Waals surface area contributed by atoms with Crippen molar-refractivity contribution >= 4 is 80.4 Å². The molecule has 0 saturated carbocycles. The van der Waals surface area contributed by atoms with Crippen LogP contribution in [0.15, 0.2) is 70.6 Å². The van der Waals surface area contributed by atoms with Crippen molar-refractivity contribution in [3.63, 3.8) is 0 Å². The molecule has 0 unspecified atom stereocenters. The van der Waals surface area contributed by atoms with E-state index in [1.165, 1.54) is 11.8 Å². The summed E-state index contributed by atoms with van der Waals surface area (Å²) in [7, 11) is 0. The topological polar surface area (TPSA) is 59.9 Å². The summed E-state index contributed by atoms with van der Waals surface area (Å²) in [4.78, 5) is 17.5. The largest absolute Gasteiger partial charge is 0.494 e. The van der Waals surface area contributed by atoms with Crippen molar-refractivity contribution in [2.75, 3.05) is 6.61 Å². The number of benzene rings is 3. The molecule has 1 aliphatic rings. The van der Waals surface area contributed by atoms with Gasteiger partial charge in [0, 0.05) is 15.6 Å². The average Bonchev–Trinajstić information content (AvgIpc) is 3.14. The van der Waals surface area contributed by atoms with Crippen molar-refractivity contribution in [2.45, 2.75) is 13.5 Å². The van der Waals surface area contributed by atoms with E-state index in [4.69, 9.17) is 32.7 Å². The first-order valence-corrected chi connectivity index (χ1v) is 12.9. The standard InChI is InChI=1S/C25H19Cl2IN2O3S/c1-2-32-19-8-6-18(7-9-19)29-25-30-24(31)23(34-25)12-15-3-10-22(21(28)11-15)33-14-16-4-5-17(26)13-20(16)27/h3-13H,2,14H2,1H3,(H,29,30,31)/b23-12+. The minimum absolute atomic E-state index is 0.178. The van der Waals surface area contributed by atoms with Gasteiger partial charge in [-0.25, -0.2) is 4.99 Å². The summed E-state index contributed by atoms with van der Waals surface area (Å²) in [5.41, 5.74) is 2.48. The van der Waals surface area contributed by atoms with Gasteiger partial charge in [0.1, 0.15) is 18.1 Å². The summed E-state index contributed by atoms with van der Waals surface area (Å²) >= 11 is 15.7. The third kappa shape index (κ3) is 6.47. The van der Waals surface area contributed by atoms with Gasteiger partial charge in [-0.2, -0.15) is 0 Å². The fourth-order valence-electron chi connectivity index (χ4n) is 3.05. The molecule has 1 heterocycles. The predicted octanol–water partition coefficient (Wildman–Crippen LogP) is 7.47. The molecule has 1 fully saturated rings. The lowest BCUT2D eigenvalue weighted by Crippen LogP contribution is -2.19. The smallest absolute Gasteiger partial charge is 0.264 e. The number of halogens is 3. The molecule has 3 aromatic carbocycles. The third-order valence-electron chi connectivity index (χ3n) is 4.68. The van der Waals surface area contributed by atoms with Gasteiger partial charge in [0.15, 0.2) is 5.17 Å². The number of nitrogens with one attached hydrogen (secondary N) is 1. The quantitative estimate of drug-likeness (QED) is 0.219. The number of thioether (sulfide) groups is 1. The van der Waals surface area contributed by atoms with Crippen LogP contribution in [-0.2, 0) is 11.4 Å². The van der Waals surface area contributed by atoms with Crippen LogP contribution in [0, 0.1) is 3.57 Å². The first kappa shape index (κ1) is 24.9. The molecule has 1 amide bonds. The normalized spacial score (nSPS) is 15.6. The van der Waals surface area contributed by atoms with Crippen molar-refractivity contribution < 1.29 is 14.3 Å². The fraction of sp³-hybridized carbons (Fsp3) is 0.120. The SMILES string of the molecule is CCOc1ccc(N=C2NC(=O)/C(=C\c3ccc(OCc4ccc(Cl)cc4Cl)c(I)c3)S2)cc1. The lowest BCUT2D eigenvalue weighted by Gasteiger charge is -2.10. The Morgan fingerprint density at radius 1 is 1.06 bits per heavy atom. The molecule has 0 atom stereocenters. The maximum absolute atomic E-state index is 12.4. The summed E-state index contributed by atoms with van der Waals surface area (Å²) in [5.74, 6) is 1.34. The second-order valence-corrected chi connectivity index (χ2v) is 10.2. The highest BCUT2D eigenvalue weighted by Crippen LogP contribution is 2.31. The van der Waals surface area contributed by atoms with Crippen molar-refractivity contribution in [3.05, 3.63) is 90.3 Å². The van der Waals surface area contributed by atoms with Crippen molar-refractivity contribution in [1.82, 2.24) is 5.32 Å². The molecule has 0 radical (unpaired) electrons. The Morgan fingerprint density at radius 3 is 2.56 bits per heavy atom. The zero-order valence-corrected chi connectivity index (χ0v) is 22.5. The Balaban J connectivity index is 1.43. The van der Waals surface area contributed by atoms with Crippen LogP contribution in [0.1, 0.15) is 18.1 Å². The molecule has 174 valence electrons. The van der Waals surface area contributed by atoms with Crippen LogP contribution >= 0.6 is 57.6 Å². The van der Waals surface area contributed by atoms with E-state index in [1.54, 1.807) is 12.1 Å². The van der Waals surface area contributed by atoms with Crippen molar-refractivity contribution in [3.8, 4) is 11.5 Å². The van der Waals surface area contributed by atoms with Gasteiger partial charge < -0.3 is 14.8 Å². The highest BCUT2D eigenvalue weighted by molar-refractivity contribution is 14.1. The summed E-state index contributed by atoms with van der Waals surface area (Å²) in [6.07, 6.45) is 1.84. The lowest BCUT2D eigenvalue weighted by molar-refractivity contribution is -0.115. The van der Waals surface area contributed by atoms with E-state index in [1.807, 2.05) is 61.5 Å². The molecule has 34 heavy (non-hydrogen) atoms. The van der Waals surface area contributed by atoms with Gasteiger partial charge in [-0.1, -0.05) is 35.3 Å². The number of amidine groups is 1. The third-order valence-corrected chi connectivity index (χ3v) is 7.02. The van der Waals surface area contributed by atoms with E-state index < -0.39 is 0 Å². The number of rotatable bonds is 7. The summed E-state index contributed by atoms with van der Waals surface area (Å²) in [6, 6.07) is 18.5. The molecule has 5 nitrogen and oxygen atoms in total.